The van der Waals surface area contributed by atoms with Gasteiger partial charge in [0.2, 0.25) is 5.16 Å². The van der Waals surface area contributed by atoms with Gasteiger partial charge in [0.15, 0.2) is 5.82 Å². The molecule has 0 unspecified atom stereocenters. The van der Waals surface area contributed by atoms with Crippen LogP contribution in [0.3, 0.4) is 0 Å². The molecule has 9 heteroatoms. The molecule has 6 nitrogen and oxygen atoms in total. The van der Waals surface area contributed by atoms with Gasteiger partial charge in [-0.3, -0.25) is 0 Å². The summed E-state index contributed by atoms with van der Waals surface area (Å²) in [6, 6.07) is 13.0. The molecule has 0 saturated carbocycles. The van der Waals surface area contributed by atoms with Gasteiger partial charge in [-0.1, -0.05) is 23.2 Å². The Labute approximate surface area is 174 Å². The Kier molecular flexibility index (Phi) is 4.23. The van der Waals surface area contributed by atoms with Gasteiger partial charge in [0.05, 0.1) is 23.9 Å². The smallest absolute Gasteiger partial charge is 0.218 e. The van der Waals surface area contributed by atoms with E-state index < -0.39 is 0 Å². The number of benzene rings is 2. The molecule has 0 aliphatic carbocycles. The van der Waals surface area contributed by atoms with Crippen molar-refractivity contribution in [3.8, 4) is 17.1 Å². The van der Waals surface area contributed by atoms with Gasteiger partial charge in [-0.05, 0) is 54.2 Å². The Morgan fingerprint density at radius 1 is 1.04 bits per heavy atom. The Bertz CT molecular complexity index is 1270. The third-order valence-corrected chi connectivity index (χ3v) is 5.80. The highest BCUT2D eigenvalue weighted by Crippen LogP contribution is 2.36. The first-order chi connectivity index (χ1) is 13.6. The molecule has 138 valence electrons. The summed E-state index contributed by atoms with van der Waals surface area (Å²) in [4.78, 5) is 4.75. The fourth-order valence-electron chi connectivity index (χ4n) is 2.93. The first-order valence-corrected chi connectivity index (χ1v) is 9.81. The highest BCUT2D eigenvalue weighted by atomic mass is 35.5. The molecular formula is C19H11Cl2N5OS. The molecule has 1 aliphatic rings. The summed E-state index contributed by atoms with van der Waals surface area (Å²) in [6.45, 7) is 0. The highest BCUT2D eigenvalue weighted by molar-refractivity contribution is 7.99. The maximum atomic E-state index is 6.34. The molecule has 0 atom stereocenters. The first kappa shape index (κ1) is 17.5. The molecule has 28 heavy (non-hydrogen) atoms. The standard InChI is InChI=1S/C19H11Cl2N5OS/c1-27-13-3-5-16-10(7-13)6-11-9-22-26-17(14-4-2-12(20)8-15(14)21)24-25-19(26)28-18(11)23-16/h2-9H,1H3. The van der Waals surface area contributed by atoms with Crippen molar-refractivity contribution in [1.82, 2.24) is 19.9 Å². The van der Waals surface area contributed by atoms with Crippen molar-refractivity contribution < 1.29 is 4.74 Å². The van der Waals surface area contributed by atoms with Gasteiger partial charge in [0.1, 0.15) is 10.8 Å². The summed E-state index contributed by atoms with van der Waals surface area (Å²) in [6.07, 6.45) is 1.75. The van der Waals surface area contributed by atoms with Crippen molar-refractivity contribution >= 4 is 52.1 Å². The zero-order valence-electron chi connectivity index (χ0n) is 14.4. The molecule has 0 N–H and O–H groups in total. The van der Waals surface area contributed by atoms with Crippen LogP contribution in [0.25, 0.3) is 22.3 Å². The summed E-state index contributed by atoms with van der Waals surface area (Å²) >= 11 is 13.8. The van der Waals surface area contributed by atoms with E-state index in [-0.39, 0.29) is 0 Å². The molecule has 0 radical (unpaired) electrons. The van der Waals surface area contributed by atoms with E-state index in [1.165, 1.54) is 11.8 Å². The van der Waals surface area contributed by atoms with Crippen molar-refractivity contribution in [3.05, 3.63) is 58.1 Å². The highest BCUT2D eigenvalue weighted by Gasteiger charge is 2.21. The second-order valence-electron chi connectivity index (χ2n) is 6.03. The summed E-state index contributed by atoms with van der Waals surface area (Å²) < 4.78 is 6.96. The van der Waals surface area contributed by atoms with Gasteiger partial charge in [0.25, 0.3) is 0 Å². The fourth-order valence-corrected chi connectivity index (χ4v) is 4.27. The molecule has 2 aromatic heterocycles. The predicted octanol–water partition coefficient (Wildman–Crippen LogP) is 5.16. The van der Waals surface area contributed by atoms with Crippen LogP contribution in [0.2, 0.25) is 10.0 Å². The SMILES string of the molecule is COc1ccc2nc3c(cc2c1)C=Nn1c(nnc1-c1ccc(Cl)cc1Cl)S3. The summed E-state index contributed by atoms with van der Waals surface area (Å²) in [5.41, 5.74) is 2.47. The minimum atomic E-state index is 0.487. The molecule has 2 aromatic carbocycles. The number of rotatable bonds is 2. The number of nitrogens with zero attached hydrogens (tertiary/aromatic N) is 5. The zero-order chi connectivity index (χ0) is 19.3. The van der Waals surface area contributed by atoms with Gasteiger partial charge in [0, 0.05) is 21.5 Å². The Morgan fingerprint density at radius 2 is 1.93 bits per heavy atom. The fraction of sp³-hybridized carbons (Fsp3) is 0.0526. The average molecular weight is 428 g/mol. The average Bonchev–Trinajstić information content (AvgIpc) is 2.99. The van der Waals surface area contributed by atoms with E-state index in [4.69, 9.17) is 32.9 Å². The Balaban J connectivity index is 1.63. The molecule has 3 heterocycles. The second kappa shape index (κ2) is 6.77. The van der Waals surface area contributed by atoms with E-state index in [9.17, 15) is 0 Å². The number of halogens is 2. The lowest BCUT2D eigenvalue weighted by molar-refractivity contribution is 0.415. The topological polar surface area (TPSA) is 65.2 Å². The maximum Gasteiger partial charge on any atom is 0.218 e. The van der Waals surface area contributed by atoms with Gasteiger partial charge in [-0.15, -0.1) is 10.2 Å². The van der Waals surface area contributed by atoms with Crippen LogP contribution in [0.5, 0.6) is 5.75 Å². The van der Waals surface area contributed by atoms with Crippen LogP contribution >= 0.6 is 35.0 Å². The third kappa shape index (κ3) is 2.92. The normalized spacial score (nSPS) is 12.5. The van der Waals surface area contributed by atoms with E-state index in [0.717, 1.165) is 27.2 Å². The summed E-state index contributed by atoms with van der Waals surface area (Å²) in [7, 11) is 1.64. The number of hydrogen-bond acceptors (Lipinski definition) is 6. The monoisotopic (exact) mass is 427 g/mol. The zero-order valence-corrected chi connectivity index (χ0v) is 16.8. The molecule has 1 aliphatic heterocycles. The van der Waals surface area contributed by atoms with Crippen molar-refractivity contribution in [2.24, 2.45) is 5.10 Å². The van der Waals surface area contributed by atoms with Crippen molar-refractivity contribution in [2.45, 2.75) is 10.2 Å². The van der Waals surface area contributed by atoms with Gasteiger partial charge in [-0.25, -0.2) is 4.98 Å². The van der Waals surface area contributed by atoms with Crippen LogP contribution < -0.4 is 4.74 Å². The maximum absolute atomic E-state index is 6.34. The van der Waals surface area contributed by atoms with Crippen LogP contribution in [-0.2, 0) is 0 Å². The predicted molar refractivity (Wildman–Crippen MR) is 111 cm³/mol. The quantitative estimate of drug-likeness (QED) is 0.389. The number of aromatic nitrogens is 4. The number of ether oxygens (including phenoxy) is 1. The van der Waals surface area contributed by atoms with E-state index in [1.807, 2.05) is 24.3 Å². The largest absolute Gasteiger partial charge is 0.497 e. The summed E-state index contributed by atoms with van der Waals surface area (Å²) in [5.74, 6) is 1.32. The number of hydrogen-bond donors (Lipinski definition) is 0. The third-order valence-electron chi connectivity index (χ3n) is 4.30. The number of pyridine rings is 1. The molecule has 0 saturated heterocycles. The van der Waals surface area contributed by atoms with Crippen LogP contribution in [0.15, 0.2) is 57.7 Å². The molecule has 0 fully saturated rings. The van der Waals surface area contributed by atoms with Crippen LogP contribution in [0.4, 0.5) is 0 Å². The van der Waals surface area contributed by atoms with Gasteiger partial charge >= 0.3 is 0 Å². The van der Waals surface area contributed by atoms with Crippen molar-refractivity contribution in [1.29, 1.82) is 0 Å². The Morgan fingerprint density at radius 3 is 2.75 bits per heavy atom. The molecule has 4 aromatic rings. The van der Waals surface area contributed by atoms with Gasteiger partial charge in [-0.2, -0.15) is 9.78 Å². The lowest BCUT2D eigenvalue weighted by atomic mass is 10.1. The van der Waals surface area contributed by atoms with Crippen molar-refractivity contribution in [3.63, 3.8) is 0 Å². The van der Waals surface area contributed by atoms with E-state index in [2.05, 4.69) is 15.3 Å². The van der Waals surface area contributed by atoms with E-state index in [1.54, 1.807) is 36.2 Å². The van der Waals surface area contributed by atoms with Gasteiger partial charge < -0.3 is 4.74 Å². The van der Waals surface area contributed by atoms with Crippen LogP contribution in [-0.4, -0.2) is 33.2 Å². The minimum Gasteiger partial charge on any atom is -0.497 e. The molecule has 0 spiro atoms. The minimum absolute atomic E-state index is 0.487. The second-order valence-corrected chi connectivity index (χ2v) is 7.83. The molecular weight excluding hydrogens is 417 g/mol. The molecule has 5 rings (SSSR count). The molecule has 0 bridgehead atoms. The van der Waals surface area contributed by atoms with E-state index >= 15 is 0 Å². The number of methoxy groups -OCH3 is 1. The first-order valence-electron chi connectivity index (χ1n) is 8.24. The summed E-state index contributed by atoms with van der Waals surface area (Å²) in [5, 5.41) is 16.5. The Hall–Kier alpha value is -2.61. The van der Waals surface area contributed by atoms with Crippen LogP contribution in [0.1, 0.15) is 5.56 Å². The lowest BCUT2D eigenvalue weighted by Gasteiger charge is -2.06. The lowest BCUT2D eigenvalue weighted by Crippen LogP contribution is -1.95. The van der Waals surface area contributed by atoms with Crippen molar-refractivity contribution in [2.75, 3.05) is 7.11 Å². The number of fused-ring (bicyclic) bond motifs is 3. The molecule has 0 amide bonds. The van der Waals surface area contributed by atoms with Crippen LogP contribution in [0, 0.1) is 0 Å². The van der Waals surface area contributed by atoms with E-state index in [0.29, 0.717) is 26.6 Å².